The van der Waals surface area contributed by atoms with Crippen LogP contribution in [0.1, 0.15) is 34.1 Å². The standard InChI is InChI=1S/C9H16O2/c1-6-5-7(9(2,3)4)11-8(6)10/h6-7H,5H2,1-4H3/t6-,7+/m0/s1. The molecule has 1 fully saturated rings. The maximum absolute atomic E-state index is 11.0. The van der Waals surface area contributed by atoms with Gasteiger partial charge in [0.15, 0.2) is 0 Å². The molecule has 0 aliphatic carbocycles. The number of esters is 1. The molecule has 1 aliphatic heterocycles. The summed E-state index contributed by atoms with van der Waals surface area (Å²) in [6.07, 6.45) is 0.993. The van der Waals surface area contributed by atoms with Crippen molar-refractivity contribution in [2.24, 2.45) is 11.3 Å². The van der Waals surface area contributed by atoms with E-state index < -0.39 is 0 Å². The Hall–Kier alpha value is -0.530. The van der Waals surface area contributed by atoms with Crippen LogP contribution in [0.2, 0.25) is 0 Å². The second-order valence-electron chi connectivity index (χ2n) is 4.43. The molecule has 1 rings (SSSR count). The van der Waals surface area contributed by atoms with Crippen molar-refractivity contribution in [1.82, 2.24) is 0 Å². The lowest BCUT2D eigenvalue weighted by molar-refractivity contribution is -0.147. The molecule has 0 aromatic carbocycles. The summed E-state index contributed by atoms with van der Waals surface area (Å²) in [5.74, 6) is 0.0594. The molecule has 64 valence electrons. The third-order valence-corrected chi connectivity index (χ3v) is 2.19. The Kier molecular flexibility index (Phi) is 1.95. The van der Waals surface area contributed by atoms with Gasteiger partial charge in [0.1, 0.15) is 6.10 Å². The SMILES string of the molecule is C[C@H]1C[C@H](C(C)(C)C)OC1=O. The first-order valence-electron chi connectivity index (χ1n) is 4.12. The van der Waals surface area contributed by atoms with Crippen LogP contribution in [0.15, 0.2) is 0 Å². The second-order valence-corrected chi connectivity index (χ2v) is 4.43. The minimum atomic E-state index is -0.0371. The molecule has 2 atom stereocenters. The summed E-state index contributed by atoms with van der Waals surface area (Å²) < 4.78 is 5.20. The molecule has 0 saturated carbocycles. The molecule has 0 aromatic heterocycles. The molecule has 0 amide bonds. The van der Waals surface area contributed by atoms with Crippen molar-refractivity contribution in [3.8, 4) is 0 Å². The average Bonchev–Trinajstić information content (AvgIpc) is 2.11. The van der Waals surface area contributed by atoms with Crippen LogP contribution in [0, 0.1) is 11.3 Å². The third-order valence-electron chi connectivity index (χ3n) is 2.19. The maximum atomic E-state index is 11.0. The topological polar surface area (TPSA) is 26.3 Å². The van der Waals surface area contributed by atoms with Crippen LogP contribution in [-0.2, 0) is 9.53 Å². The Labute approximate surface area is 67.9 Å². The zero-order valence-electron chi connectivity index (χ0n) is 7.68. The molecule has 0 radical (unpaired) electrons. The van der Waals surface area contributed by atoms with Gasteiger partial charge in [-0.1, -0.05) is 27.7 Å². The van der Waals surface area contributed by atoms with E-state index in [1.807, 2.05) is 6.92 Å². The fourth-order valence-electron chi connectivity index (χ4n) is 1.25. The van der Waals surface area contributed by atoms with Crippen molar-refractivity contribution < 1.29 is 9.53 Å². The molecular weight excluding hydrogens is 140 g/mol. The molecule has 0 spiro atoms. The number of rotatable bonds is 0. The van der Waals surface area contributed by atoms with Crippen molar-refractivity contribution in [1.29, 1.82) is 0 Å². The zero-order valence-corrected chi connectivity index (χ0v) is 7.68. The summed E-state index contributed by atoms with van der Waals surface area (Å²) in [6.45, 7) is 8.23. The first-order chi connectivity index (χ1) is 4.91. The highest BCUT2D eigenvalue weighted by atomic mass is 16.6. The Balaban J connectivity index is 2.61. The summed E-state index contributed by atoms with van der Waals surface area (Å²) in [6, 6.07) is 0. The number of carbonyl (C=O) groups excluding carboxylic acids is 1. The fraction of sp³-hybridized carbons (Fsp3) is 0.889. The molecule has 1 saturated heterocycles. The van der Waals surface area contributed by atoms with Crippen molar-refractivity contribution >= 4 is 5.97 Å². The van der Waals surface area contributed by atoms with Gasteiger partial charge in [0.25, 0.3) is 0 Å². The number of carbonyl (C=O) groups is 1. The number of ether oxygens (including phenoxy) is 1. The first kappa shape index (κ1) is 8.57. The fourth-order valence-corrected chi connectivity index (χ4v) is 1.25. The van der Waals surface area contributed by atoms with Crippen LogP contribution >= 0.6 is 0 Å². The van der Waals surface area contributed by atoms with Crippen LogP contribution < -0.4 is 0 Å². The van der Waals surface area contributed by atoms with Gasteiger partial charge in [-0.15, -0.1) is 0 Å². The maximum Gasteiger partial charge on any atom is 0.309 e. The van der Waals surface area contributed by atoms with E-state index in [2.05, 4.69) is 20.8 Å². The second kappa shape index (κ2) is 2.50. The predicted octanol–water partition coefficient (Wildman–Crippen LogP) is 1.98. The van der Waals surface area contributed by atoms with Gasteiger partial charge in [-0.05, 0) is 11.8 Å². The van der Waals surface area contributed by atoms with Gasteiger partial charge in [-0.3, -0.25) is 4.79 Å². The highest BCUT2D eigenvalue weighted by molar-refractivity contribution is 5.74. The van der Waals surface area contributed by atoms with Gasteiger partial charge in [0.2, 0.25) is 0 Å². The largest absolute Gasteiger partial charge is 0.462 e. The van der Waals surface area contributed by atoms with Crippen molar-refractivity contribution in [2.75, 3.05) is 0 Å². The van der Waals surface area contributed by atoms with Crippen LogP contribution in [0.3, 0.4) is 0 Å². The Bertz CT molecular complexity index is 167. The lowest BCUT2D eigenvalue weighted by Gasteiger charge is -2.24. The Morgan fingerprint density at radius 3 is 2.18 bits per heavy atom. The monoisotopic (exact) mass is 156 g/mol. The lowest BCUT2D eigenvalue weighted by atomic mass is 9.86. The van der Waals surface area contributed by atoms with Gasteiger partial charge in [0.05, 0.1) is 5.92 Å². The van der Waals surface area contributed by atoms with E-state index in [-0.39, 0.29) is 23.4 Å². The normalized spacial score (nSPS) is 32.2. The molecule has 0 aromatic rings. The average molecular weight is 156 g/mol. The van der Waals surface area contributed by atoms with Gasteiger partial charge in [-0.25, -0.2) is 0 Å². The molecular formula is C9H16O2. The smallest absolute Gasteiger partial charge is 0.309 e. The number of hydrogen-bond acceptors (Lipinski definition) is 2. The number of hydrogen-bond donors (Lipinski definition) is 0. The Morgan fingerprint density at radius 1 is 1.45 bits per heavy atom. The summed E-state index contributed by atoms with van der Waals surface area (Å²) in [5, 5.41) is 0. The quantitative estimate of drug-likeness (QED) is 0.501. The van der Waals surface area contributed by atoms with E-state index in [0.717, 1.165) is 6.42 Å². The van der Waals surface area contributed by atoms with Gasteiger partial charge >= 0.3 is 5.97 Å². The molecule has 0 N–H and O–H groups in total. The van der Waals surface area contributed by atoms with E-state index in [4.69, 9.17) is 4.74 Å². The number of cyclic esters (lactones) is 1. The van der Waals surface area contributed by atoms with Crippen LogP contribution in [-0.4, -0.2) is 12.1 Å². The predicted molar refractivity (Wildman–Crippen MR) is 43.1 cm³/mol. The molecule has 11 heavy (non-hydrogen) atoms. The summed E-state index contributed by atoms with van der Waals surface area (Å²) in [7, 11) is 0. The van der Waals surface area contributed by atoms with Crippen molar-refractivity contribution in [2.45, 2.75) is 40.2 Å². The molecule has 0 unspecified atom stereocenters. The molecule has 1 heterocycles. The summed E-state index contributed by atoms with van der Waals surface area (Å²) in [5.41, 5.74) is 0.0976. The third kappa shape index (κ3) is 1.73. The van der Waals surface area contributed by atoms with E-state index in [9.17, 15) is 4.79 Å². The van der Waals surface area contributed by atoms with Crippen LogP contribution in [0.4, 0.5) is 0 Å². The van der Waals surface area contributed by atoms with Gasteiger partial charge in [0, 0.05) is 0 Å². The van der Waals surface area contributed by atoms with E-state index in [1.54, 1.807) is 0 Å². The van der Waals surface area contributed by atoms with E-state index >= 15 is 0 Å². The zero-order chi connectivity index (χ0) is 8.65. The van der Waals surface area contributed by atoms with E-state index in [1.165, 1.54) is 0 Å². The minimum Gasteiger partial charge on any atom is -0.462 e. The van der Waals surface area contributed by atoms with Crippen LogP contribution in [0.25, 0.3) is 0 Å². The van der Waals surface area contributed by atoms with Crippen molar-refractivity contribution in [3.05, 3.63) is 0 Å². The lowest BCUT2D eigenvalue weighted by Crippen LogP contribution is -2.25. The van der Waals surface area contributed by atoms with Crippen molar-refractivity contribution in [3.63, 3.8) is 0 Å². The minimum absolute atomic E-state index is 0.0371. The first-order valence-corrected chi connectivity index (χ1v) is 4.12. The van der Waals surface area contributed by atoms with Crippen LogP contribution in [0.5, 0.6) is 0 Å². The van der Waals surface area contributed by atoms with Gasteiger partial charge in [-0.2, -0.15) is 0 Å². The molecule has 2 heteroatoms. The highest BCUT2D eigenvalue weighted by Crippen LogP contribution is 2.33. The summed E-state index contributed by atoms with van der Waals surface area (Å²) >= 11 is 0. The Morgan fingerprint density at radius 2 is 2.00 bits per heavy atom. The molecule has 0 bridgehead atoms. The summed E-state index contributed by atoms with van der Waals surface area (Å²) in [4.78, 5) is 11.0. The molecule has 2 nitrogen and oxygen atoms in total. The van der Waals surface area contributed by atoms with Gasteiger partial charge < -0.3 is 4.74 Å². The van der Waals surface area contributed by atoms with E-state index in [0.29, 0.717) is 0 Å². The highest BCUT2D eigenvalue weighted by Gasteiger charge is 2.38. The molecule has 1 aliphatic rings.